The van der Waals surface area contributed by atoms with Crippen molar-refractivity contribution < 1.29 is 37.3 Å². The van der Waals surface area contributed by atoms with Crippen molar-refractivity contribution in [2.45, 2.75) is 50.7 Å². The van der Waals surface area contributed by atoms with Crippen LogP contribution in [-0.4, -0.2) is 51.9 Å². The van der Waals surface area contributed by atoms with E-state index in [9.17, 15) is 19.1 Å². The number of pyridine rings is 1. The summed E-state index contributed by atoms with van der Waals surface area (Å²) in [4.78, 5) is 29.9. The molecule has 4 N–H and O–H groups in total. The van der Waals surface area contributed by atoms with E-state index >= 15 is 8.78 Å². The number of nitrogens with two attached hydrogens (primary N) is 1. The zero-order valence-corrected chi connectivity index (χ0v) is 25.8. The second-order valence-electron chi connectivity index (χ2n) is 11.6. The summed E-state index contributed by atoms with van der Waals surface area (Å²) in [6.45, 7) is 1.06. The minimum atomic E-state index is -2.10. The standard InChI is InChI=1S/C32H31ClF3N5O5/c1-3-46-29-20(12-23(37)42)26(36)30(39-28(29)19-8-9-21(34)24(33)25(19)35)32(44,17-4-5-17)14-38-31(43)15-10-16-13-41(18-6-7-18)40-27(16)22(11-15)45-2/h8-11,13,17-18,44H,3-7,12,14H2,1-2H3,(H2,37,42)(H,38,43)/t32-/m1/s1. The summed E-state index contributed by atoms with van der Waals surface area (Å²) in [5.41, 5.74) is 2.56. The molecule has 242 valence electrons. The minimum absolute atomic E-state index is 0.0356. The molecule has 46 heavy (non-hydrogen) atoms. The van der Waals surface area contributed by atoms with Gasteiger partial charge in [0, 0.05) is 28.3 Å². The first kappa shape index (κ1) is 31.6. The molecular weight excluding hydrogens is 627 g/mol. The number of fused-ring (bicyclic) bond motifs is 1. The van der Waals surface area contributed by atoms with Gasteiger partial charge in [-0.2, -0.15) is 5.10 Å². The Labute approximate surface area is 266 Å². The number of aromatic nitrogens is 3. The average molecular weight is 658 g/mol. The highest BCUT2D eigenvalue weighted by molar-refractivity contribution is 6.31. The van der Waals surface area contributed by atoms with Gasteiger partial charge in [-0.05, 0) is 62.8 Å². The van der Waals surface area contributed by atoms with Crippen molar-refractivity contribution >= 4 is 34.3 Å². The quantitative estimate of drug-likeness (QED) is 0.183. The Morgan fingerprint density at radius 1 is 1.17 bits per heavy atom. The van der Waals surface area contributed by atoms with Crippen LogP contribution >= 0.6 is 11.6 Å². The van der Waals surface area contributed by atoms with Crippen molar-refractivity contribution in [3.8, 4) is 22.8 Å². The predicted octanol–water partition coefficient (Wildman–Crippen LogP) is 4.97. The normalized spacial score (nSPS) is 15.9. The van der Waals surface area contributed by atoms with Crippen LogP contribution in [0, 0.1) is 23.4 Å². The second kappa shape index (κ2) is 12.1. The maximum Gasteiger partial charge on any atom is 0.251 e. The summed E-state index contributed by atoms with van der Waals surface area (Å²) in [5, 5.41) is 19.2. The van der Waals surface area contributed by atoms with E-state index in [-0.39, 0.29) is 34.7 Å². The molecule has 0 unspecified atom stereocenters. The molecule has 2 fully saturated rings. The van der Waals surface area contributed by atoms with E-state index < -0.39 is 64.5 Å². The van der Waals surface area contributed by atoms with Gasteiger partial charge in [0.15, 0.2) is 17.4 Å². The lowest BCUT2D eigenvalue weighted by Gasteiger charge is -2.30. The fraction of sp³-hybridized carbons (Fsp3) is 0.375. The number of carbonyl (C=O) groups is 2. The van der Waals surface area contributed by atoms with Gasteiger partial charge in [0.25, 0.3) is 5.91 Å². The van der Waals surface area contributed by atoms with Crippen molar-refractivity contribution in [2.24, 2.45) is 11.7 Å². The number of hydrogen-bond donors (Lipinski definition) is 3. The molecule has 2 aromatic heterocycles. The Bertz CT molecular complexity index is 1880. The molecule has 2 amide bonds. The van der Waals surface area contributed by atoms with Gasteiger partial charge in [0.05, 0.1) is 32.7 Å². The average Bonchev–Trinajstić information content (AvgIpc) is 3.97. The summed E-state index contributed by atoms with van der Waals surface area (Å²) in [6, 6.07) is 5.43. The van der Waals surface area contributed by atoms with Gasteiger partial charge in [-0.25, -0.2) is 18.2 Å². The maximum atomic E-state index is 16.4. The molecule has 6 rings (SSSR count). The largest absolute Gasteiger partial charge is 0.494 e. The van der Waals surface area contributed by atoms with E-state index in [1.807, 2.05) is 10.9 Å². The number of nitrogens with zero attached hydrogens (tertiary/aromatic N) is 3. The molecule has 0 saturated heterocycles. The molecule has 2 heterocycles. The zero-order valence-electron chi connectivity index (χ0n) is 25.0. The second-order valence-corrected chi connectivity index (χ2v) is 11.9. The molecule has 10 nitrogen and oxygen atoms in total. The van der Waals surface area contributed by atoms with Crippen molar-refractivity contribution in [2.75, 3.05) is 20.3 Å². The number of primary amides is 1. The Morgan fingerprint density at radius 3 is 2.54 bits per heavy atom. The molecule has 0 radical (unpaired) electrons. The predicted molar refractivity (Wildman–Crippen MR) is 162 cm³/mol. The highest BCUT2D eigenvalue weighted by Gasteiger charge is 2.49. The van der Waals surface area contributed by atoms with Gasteiger partial charge >= 0.3 is 0 Å². The van der Waals surface area contributed by atoms with Gasteiger partial charge in [-0.3, -0.25) is 14.3 Å². The molecule has 0 aliphatic heterocycles. The minimum Gasteiger partial charge on any atom is -0.494 e. The van der Waals surface area contributed by atoms with Crippen LogP contribution in [0.2, 0.25) is 5.02 Å². The van der Waals surface area contributed by atoms with Crippen LogP contribution < -0.4 is 20.5 Å². The molecule has 14 heteroatoms. The molecule has 2 saturated carbocycles. The fourth-order valence-electron chi connectivity index (χ4n) is 5.64. The number of methoxy groups -OCH3 is 1. The van der Waals surface area contributed by atoms with Gasteiger partial charge in [-0.15, -0.1) is 0 Å². The number of ether oxygens (including phenoxy) is 2. The fourth-order valence-corrected chi connectivity index (χ4v) is 5.81. The molecular formula is C32H31ClF3N5O5. The summed E-state index contributed by atoms with van der Waals surface area (Å²) in [6.07, 6.45) is 4.14. The van der Waals surface area contributed by atoms with Crippen molar-refractivity contribution in [1.29, 1.82) is 0 Å². The molecule has 1 atom stereocenters. The molecule has 0 spiro atoms. The number of benzene rings is 2. The van der Waals surface area contributed by atoms with Crippen LogP contribution in [-0.2, 0) is 16.8 Å². The number of amides is 2. The van der Waals surface area contributed by atoms with Crippen molar-refractivity contribution in [1.82, 2.24) is 20.1 Å². The molecule has 2 aliphatic carbocycles. The lowest BCUT2D eigenvalue weighted by atomic mass is 9.89. The van der Waals surface area contributed by atoms with E-state index in [2.05, 4.69) is 15.4 Å². The van der Waals surface area contributed by atoms with Gasteiger partial charge in [0.2, 0.25) is 5.91 Å². The summed E-state index contributed by atoms with van der Waals surface area (Å²) in [5.74, 6) is -5.31. The topological polar surface area (TPSA) is 142 Å². The maximum absolute atomic E-state index is 16.4. The lowest BCUT2D eigenvalue weighted by Crippen LogP contribution is -2.44. The smallest absolute Gasteiger partial charge is 0.251 e. The molecule has 4 aromatic rings. The van der Waals surface area contributed by atoms with E-state index in [4.69, 9.17) is 26.8 Å². The first-order valence-electron chi connectivity index (χ1n) is 14.8. The van der Waals surface area contributed by atoms with Crippen molar-refractivity contribution in [3.05, 3.63) is 69.8 Å². The highest BCUT2D eigenvalue weighted by Crippen LogP contribution is 2.48. The van der Waals surface area contributed by atoms with E-state index in [0.717, 1.165) is 25.0 Å². The number of aliphatic hydroxyl groups is 1. The number of halogens is 4. The van der Waals surface area contributed by atoms with Crippen LogP contribution in [0.15, 0.2) is 30.5 Å². The van der Waals surface area contributed by atoms with E-state index in [1.165, 1.54) is 13.2 Å². The summed E-state index contributed by atoms with van der Waals surface area (Å²) in [7, 11) is 1.47. The Balaban J connectivity index is 1.42. The summed E-state index contributed by atoms with van der Waals surface area (Å²) < 4.78 is 58.8. The van der Waals surface area contributed by atoms with Crippen LogP contribution in [0.5, 0.6) is 11.5 Å². The first-order valence-corrected chi connectivity index (χ1v) is 15.2. The first-order chi connectivity index (χ1) is 22.0. The number of carbonyl (C=O) groups excluding carboxylic acids is 2. The van der Waals surface area contributed by atoms with Crippen molar-refractivity contribution in [3.63, 3.8) is 0 Å². The van der Waals surface area contributed by atoms with Gasteiger partial charge in [-0.1, -0.05) is 11.6 Å². The van der Waals surface area contributed by atoms with E-state index in [0.29, 0.717) is 35.5 Å². The number of hydrogen-bond acceptors (Lipinski definition) is 7. The van der Waals surface area contributed by atoms with E-state index in [1.54, 1.807) is 13.0 Å². The Kier molecular flexibility index (Phi) is 8.32. The van der Waals surface area contributed by atoms with Crippen LogP contribution in [0.25, 0.3) is 22.2 Å². The van der Waals surface area contributed by atoms with Gasteiger partial charge in [0.1, 0.15) is 39.1 Å². The third-order valence-electron chi connectivity index (χ3n) is 8.29. The monoisotopic (exact) mass is 657 g/mol. The lowest BCUT2D eigenvalue weighted by molar-refractivity contribution is -0.117. The number of nitrogens with one attached hydrogen (secondary N) is 1. The van der Waals surface area contributed by atoms with Crippen LogP contribution in [0.3, 0.4) is 0 Å². The van der Waals surface area contributed by atoms with Crippen LogP contribution in [0.4, 0.5) is 13.2 Å². The Hall–Kier alpha value is -4.36. The molecule has 0 bridgehead atoms. The Morgan fingerprint density at radius 2 is 1.91 bits per heavy atom. The molecule has 2 aromatic carbocycles. The highest BCUT2D eigenvalue weighted by atomic mass is 35.5. The third kappa shape index (κ3) is 5.73. The zero-order chi connectivity index (χ0) is 32.9. The number of rotatable bonds is 12. The van der Waals surface area contributed by atoms with Gasteiger partial charge < -0.3 is 25.6 Å². The third-order valence-corrected chi connectivity index (χ3v) is 8.64. The van der Waals surface area contributed by atoms with Crippen LogP contribution in [0.1, 0.15) is 60.3 Å². The summed E-state index contributed by atoms with van der Waals surface area (Å²) >= 11 is 5.85. The molecule has 2 aliphatic rings. The SMILES string of the molecule is CCOc1c(-c2ccc(F)c(Cl)c2F)nc([C@@](O)(CNC(=O)c2cc(OC)c3nn(C4CC4)cc3c2)C2CC2)c(F)c1CC(N)=O.